The van der Waals surface area contributed by atoms with Gasteiger partial charge in [-0.15, -0.1) is 0 Å². The maximum atomic E-state index is 6.47. The first-order chi connectivity index (χ1) is 26.9. The summed E-state index contributed by atoms with van der Waals surface area (Å²) in [6.07, 6.45) is 50.4. The van der Waals surface area contributed by atoms with E-state index < -0.39 is 0 Å². The molecule has 9 unspecified atom stereocenters. The summed E-state index contributed by atoms with van der Waals surface area (Å²) < 4.78 is 0. The van der Waals surface area contributed by atoms with Crippen LogP contribution in [0.5, 0.6) is 0 Å². The van der Waals surface area contributed by atoms with E-state index in [1.807, 2.05) is 12.3 Å². The normalized spacial score (nSPS) is 28.5. The summed E-state index contributed by atoms with van der Waals surface area (Å²) in [5, 5.41) is 4.04. The molecule has 306 valence electrons. The van der Waals surface area contributed by atoms with Crippen molar-refractivity contribution in [1.29, 1.82) is 0 Å². The standard InChI is InChI=1S/C52H83N3/c1-7-12-21-41(10-4)45-34-46(42(11-5)22-13-8-2)36-47(35-45)50-31-30-49(51-26-17-18-27-52(50)51)39(6)28-29-44(38-55-48-24-15-14-16-25-48)43(37-54)23-19-20-40(9-3)32-33-53/h7,11-12,17-18,21-22,26-27,32,35,37,39,41,44,46-52,55H,1,5,8-10,13-16,19-20,23-25,28-31,33-34,36,38,53-54H2,2-4,6H3/b21-12-,40-32+,42-22+,43-37+. The number of nitrogens with two attached hydrogens (primary N) is 2. The topological polar surface area (TPSA) is 64.1 Å². The molecule has 2 saturated carbocycles. The number of fused-ring (bicyclic) bond motifs is 1. The average Bonchev–Trinajstić information content (AvgIpc) is 3.22. The van der Waals surface area contributed by atoms with E-state index in [4.69, 9.17) is 11.5 Å². The van der Waals surface area contributed by atoms with Crippen molar-refractivity contribution in [3.63, 3.8) is 0 Å². The van der Waals surface area contributed by atoms with Crippen molar-refractivity contribution in [3.05, 3.63) is 108 Å². The summed E-state index contributed by atoms with van der Waals surface area (Å²) in [6.45, 7) is 19.5. The molecule has 3 heteroatoms. The Morgan fingerprint density at radius 2 is 1.75 bits per heavy atom. The summed E-state index contributed by atoms with van der Waals surface area (Å²) in [7, 11) is 0. The predicted molar refractivity (Wildman–Crippen MR) is 242 cm³/mol. The first-order valence-corrected chi connectivity index (χ1v) is 23.1. The fraction of sp³-hybridized carbons (Fsp3) is 0.654. The van der Waals surface area contributed by atoms with Crippen LogP contribution >= 0.6 is 0 Å². The van der Waals surface area contributed by atoms with Gasteiger partial charge in [-0.3, -0.25) is 0 Å². The second-order valence-electron chi connectivity index (χ2n) is 17.7. The lowest BCUT2D eigenvalue weighted by atomic mass is 9.56. The SMILES string of the molecule is C=C/C=C\C(CC)C1=CC(C2CCC(C(C)CCC(CNC3CCCCC3)/C(=C/N)CCC/C(=C/CN)CC)C3C=CC=CC32)CC(/C(C=C)=C/CCC)C1. The minimum Gasteiger partial charge on any atom is -0.405 e. The van der Waals surface area contributed by atoms with Crippen LogP contribution in [0.1, 0.15) is 143 Å². The highest BCUT2D eigenvalue weighted by Crippen LogP contribution is 2.52. The molecule has 0 amide bonds. The van der Waals surface area contributed by atoms with Crippen molar-refractivity contribution in [2.24, 2.45) is 64.7 Å². The molecule has 4 rings (SSSR count). The molecule has 0 spiro atoms. The van der Waals surface area contributed by atoms with E-state index in [-0.39, 0.29) is 0 Å². The molecule has 4 aliphatic carbocycles. The molecule has 0 aliphatic heterocycles. The van der Waals surface area contributed by atoms with Crippen molar-refractivity contribution < 1.29 is 0 Å². The van der Waals surface area contributed by atoms with Crippen LogP contribution in [0.3, 0.4) is 0 Å². The summed E-state index contributed by atoms with van der Waals surface area (Å²) in [4.78, 5) is 0. The first kappa shape index (κ1) is 45.1. The molecule has 55 heavy (non-hydrogen) atoms. The Bertz CT molecular complexity index is 1360. The van der Waals surface area contributed by atoms with Crippen LogP contribution in [-0.4, -0.2) is 19.1 Å². The van der Waals surface area contributed by atoms with Crippen molar-refractivity contribution in [3.8, 4) is 0 Å². The van der Waals surface area contributed by atoms with Crippen LogP contribution < -0.4 is 16.8 Å². The molecule has 0 heterocycles. The van der Waals surface area contributed by atoms with Crippen LogP contribution in [0.4, 0.5) is 0 Å². The lowest BCUT2D eigenvalue weighted by Crippen LogP contribution is -2.40. The van der Waals surface area contributed by atoms with Crippen LogP contribution in [-0.2, 0) is 0 Å². The van der Waals surface area contributed by atoms with E-state index in [9.17, 15) is 0 Å². The maximum Gasteiger partial charge on any atom is 0.0109 e. The molecule has 0 saturated heterocycles. The van der Waals surface area contributed by atoms with Gasteiger partial charge >= 0.3 is 0 Å². The number of rotatable bonds is 23. The van der Waals surface area contributed by atoms with Crippen LogP contribution in [0, 0.1) is 53.3 Å². The maximum absolute atomic E-state index is 6.47. The van der Waals surface area contributed by atoms with Crippen LogP contribution in [0.2, 0.25) is 0 Å². The van der Waals surface area contributed by atoms with E-state index in [1.54, 1.807) is 5.57 Å². The van der Waals surface area contributed by atoms with Crippen molar-refractivity contribution in [2.45, 2.75) is 149 Å². The highest BCUT2D eigenvalue weighted by Gasteiger charge is 2.43. The Hall–Kier alpha value is -2.62. The smallest absolute Gasteiger partial charge is 0.0109 e. The van der Waals surface area contributed by atoms with Crippen LogP contribution in [0.25, 0.3) is 0 Å². The number of nitrogens with one attached hydrogen (secondary N) is 1. The van der Waals surface area contributed by atoms with Gasteiger partial charge < -0.3 is 16.8 Å². The second-order valence-corrected chi connectivity index (χ2v) is 17.7. The fourth-order valence-corrected chi connectivity index (χ4v) is 11.1. The molecular weight excluding hydrogens is 667 g/mol. The van der Waals surface area contributed by atoms with E-state index in [1.165, 1.54) is 87.3 Å². The molecule has 4 aliphatic rings. The van der Waals surface area contributed by atoms with Crippen molar-refractivity contribution >= 4 is 0 Å². The predicted octanol–water partition coefficient (Wildman–Crippen LogP) is 13.3. The van der Waals surface area contributed by atoms with Gasteiger partial charge in [-0.25, -0.2) is 0 Å². The lowest BCUT2D eigenvalue weighted by Gasteiger charge is -2.48. The van der Waals surface area contributed by atoms with Gasteiger partial charge in [-0.1, -0.05) is 150 Å². The lowest BCUT2D eigenvalue weighted by molar-refractivity contribution is 0.0781. The van der Waals surface area contributed by atoms with Crippen LogP contribution in [0.15, 0.2) is 108 Å². The minimum absolute atomic E-state index is 0.485. The second kappa shape index (κ2) is 24.9. The summed E-state index contributed by atoms with van der Waals surface area (Å²) in [5.74, 6) is 5.49. The van der Waals surface area contributed by atoms with Gasteiger partial charge in [0, 0.05) is 19.1 Å². The molecule has 0 radical (unpaired) electrons. The molecular formula is C52H83N3. The quantitative estimate of drug-likeness (QED) is 0.0720. The first-order valence-electron chi connectivity index (χ1n) is 23.1. The van der Waals surface area contributed by atoms with Gasteiger partial charge in [0.25, 0.3) is 0 Å². The molecule has 5 N–H and O–H groups in total. The van der Waals surface area contributed by atoms with Gasteiger partial charge in [0.15, 0.2) is 0 Å². The Balaban J connectivity index is 1.50. The Morgan fingerprint density at radius 3 is 2.42 bits per heavy atom. The molecule has 3 nitrogen and oxygen atoms in total. The third-order valence-corrected chi connectivity index (χ3v) is 14.4. The van der Waals surface area contributed by atoms with Crippen molar-refractivity contribution in [2.75, 3.05) is 13.1 Å². The number of hydrogen-bond acceptors (Lipinski definition) is 3. The molecule has 0 aromatic rings. The fourth-order valence-electron chi connectivity index (χ4n) is 11.1. The highest BCUT2D eigenvalue weighted by molar-refractivity contribution is 5.29. The summed E-state index contributed by atoms with van der Waals surface area (Å²) in [6, 6.07) is 0.673. The van der Waals surface area contributed by atoms with E-state index in [0.717, 1.165) is 57.4 Å². The van der Waals surface area contributed by atoms with E-state index in [0.29, 0.717) is 59.9 Å². The Kier molecular flexibility index (Phi) is 20.4. The number of allylic oxidation sites excluding steroid dienone is 13. The van der Waals surface area contributed by atoms with Gasteiger partial charge in [-0.05, 0) is 155 Å². The molecule has 0 aromatic heterocycles. The van der Waals surface area contributed by atoms with Gasteiger partial charge in [0.1, 0.15) is 0 Å². The third kappa shape index (κ3) is 13.5. The van der Waals surface area contributed by atoms with Gasteiger partial charge in [-0.2, -0.15) is 0 Å². The Morgan fingerprint density at radius 1 is 0.964 bits per heavy atom. The van der Waals surface area contributed by atoms with E-state index >= 15 is 0 Å². The summed E-state index contributed by atoms with van der Waals surface area (Å²) >= 11 is 0. The molecule has 0 bridgehead atoms. The molecule has 2 fully saturated rings. The van der Waals surface area contributed by atoms with Crippen molar-refractivity contribution in [1.82, 2.24) is 5.32 Å². The number of unbranched alkanes of at least 4 members (excludes halogenated alkanes) is 1. The largest absolute Gasteiger partial charge is 0.405 e. The zero-order valence-electron chi connectivity index (χ0n) is 35.9. The monoisotopic (exact) mass is 750 g/mol. The minimum atomic E-state index is 0.485. The van der Waals surface area contributed by atoms with Gasteiger partial charge in [0.05, 0.1) is 0 Å². The van der Waals surface area contributed by atoms with Gasteiger partial charge in [0.2, 0.25) is 0 Å². The molecule has 9 atom stereocenters. The highest BCUT2D eigenvalue weighted by atomic mass is 14.9. The summed E-state index contributed by atoms with van der Waals surface area (Å²) in [5.41, 5.74) is 18.4. The average molecular weight is 750 g/mol. The number of hydrogen-bond donors (Lipinski definition) is 3. The van der Waals surface area contributed by atoms with E-state index in [2.05, 4.69) is 107 Å². The Labute approximate surface area is 339 Å². The zero-order valence-corrected chi connectivity index (χ0v) is 35.9. The molecule has 0 aromatic carbocycles. The third-order valence-electron chi connectivity index (χ3n) is 14.4. The zero-order chi connectivity index (χ0) is 39.4.